The minimum atomic E-state index is -1.07. The number of carbonyl (C=O) groups excluding carboxylic acids is 1. The predicted molar refractivity (Wildman–Crippen MR) is 159 cm³/mol. The zero-order valence-corrected chi connectivity index (χ0v) is 24.7. The van der Waals surface area contributed by atoms with E-state index in [9.17, 15) is 9.90 Å². The van der Waals surface area contributed by atoms with Gasteiger partial charge in [0.05, 0.1) is 16.7 Å². The highest BCUT2D eigenvalue weighted by atomic mass is 32.2. The number of hydrogen-bond acceptors (Lipinski definition) is 7. The number of nitrogens with one attached hydrogen (secondary N) is 1. The van der Waals surface area contributed by atoms with Crippen LogP contribution >= 0.6 is 24.0 Å². The third-order valence-electron chi connectivity index (χ3n) is 7.68. The normalized spacial score (nSPS) is 29.8. The molecule has 2 aromatic rings. The van der Waals surface area contributed by atoms with E-state index in [1.54, 1.807) is 18.9 Å². The van der Waals surface area contributed by atoms with Gasteiger partial charge in [0.25, 0.3) is 0 Å². The summed E-state index contributed by atoms with van der Waals surface area (Å²) in [6, 6.07) is 19.8. The molecule has 1 aliphatic heterocycles. The van der Waals surface area contributed by atoms with Crippen LogP contribution in [0.5, 0.6) is 0 Å². The Kier molecular flexibility index (Phi) is 9.88. The molecule has 1 aliphatic carbocycles. The van der Waals surface area contributed by atoms with Crippen LogP contribution in [0.2, 0.25) is 0 Å². The minimum Gasteiger partial charge on any atom is -0.443 e. The molecule has 39 heavy (non-hydrogen) atoms. The SMILES string of the molecule is COC1C(OC(=O)NC(=S)Cc2ccccc2)CCC(O)(CSc2ccccc2)C1C1(C)OC1CC=C(C)C. The number of carbonyl (C=O) groups is 1. The van der Waals surface area contributed by atoms with Crippen molar-refractivity contribution >= 4 is 35.1 Å². The first kappa shape index (κ1) is 29.7. The lowest BCUT2D eigenvalue weighted by molar-refractivity contribution is -0.169. The van der Waals surface area contributed by atoms with Gasteiger partial charge in [-0.2, -0.15) is 0 Å². The highest BCUT2D eigenvalue weighted by Gasteiger charge is 2.67. The fraction of sp³-hybridized carbons (Fsp3) is 0.484. The van der Waals surface area contributed by atoms with E-state index in [0.717, 1.165) is 16.9 Å². The molecule has 6 nitrogen and oxygen atoms in total. The van der Waals surface area contributed by atoms with Crippen molar-refractivity contribution in [1.82, 2.24) is 5.32 Å². The molecule has 0 radical (unpaired) electrons. The first-order valence-corrected chi connectivity index (χ1v) is 14.8. The highest BCUT2D eigenvalue weighted by Crippen LogP contribution is 2.55. The largest absolute Gasteiger partial charge is 0.443 e. The van der Waals surface area contributed by atoms with Crippen molar-refractivity contribution in [3.63, 3.8) is 0 Å². The van der Waals surface area contributed by atoms with Crippen LogP contribution in [0.15, 0.2) is 77.2 Å². The van der Waals surface area contributed by atoms with E-state index < -0.39 is 35.4 Å². The van der Waals surface area contributed by atoms with Crippen molar-refractivity contribution in [3.05, 3.63) is 77.9 Å². The Morgan fingerprint density at radius 3 is 2.49 bits per heavy atom. The average molecular weight is 570 g/mol. The van der Waals surface area contributed by atoms with E-state index >= 15 is 0 Å². The van der Waals surface area contributed by atoms with Gasteiger partial charge < -0.3 is 19.3 Å². The maximum atomic E-state index is 12.9. The molecule has 1 saturated heterocycles. The number of allylic oxidation sites excluding steroid dienone is 1. The summed E-state index contributed by atoms with van der Waals surface area (Å²) in [7, 11) is 1.61. The van der Waals surface area contributed by atoms with Crippen LogP contribution in [-0.4, -0.2) is 58.6 Å². The molecule has 8 heteroatoms. The molecule has 0 spiro atoms. The molecule has 0 aromatic heterocycles. The molecular weight excluding hydrogens is 530 g/mol. The topological polar surface area (TPSA) is 80.3 Å². The molecule has 2 aromatic carbocycles. The standard InChI is InChI=1S/C31H39NO5S2/c1-21(2)15-16-25-30(3,37-25)28-27(35-4)24(17-18-31(28,34)20-39-23-13-9-6-10-14-23)36-29(33)32-26(38)19-22-11-7-5-8-12-22/h5-15,24-25,27-28,34H,16-20H2,1-4H3,(H,32,33,38). The van der Waals surface area contributed by atoms with Crippen LogP contribution < -0.4 is 5.32 Å². The second kappa shape index (κ2) is 13.0. The van der Waals surface area contributed by atoms with Crippen molar-refractivity contribution in [2.24, 2.45) is 5.92 Å². The summed E-state index contributed by atoms with van der Waals surface area (Å²) in [4.78, 5) is 14.4. The quantitative estimate of drug-likeness (QED) is 0.155. The van der Waals surface area contributed by atoms with Crippen LogP contribution in [0.25, 0.3) is 0 Å². The molecular formula is C31H39NO5S2. The summed E-state index contributed by atoms with van der Waals surface area (Å²) in [5, 5.41) is 14.9. The number of ether oxygens (including phenoxy) is 3. The molecule has 6 atom stereocenters. The summed E-state index contributed by atoms with van der Waals surface area (Å²) in [6.07, 6.45) is 2.54. The van der Waals surface area contributed by atoms with Gasteiger partial charge in [-0.15, -0.1) is 11.8 Å². The van der Waals surface area contributed by atoms with Gasteiger partial charge in [-0.05, 0) is 57.7 Å². The predicted octanol–water partition coefficient (Wildman–Crippen LogP) is 6.11. The number of amides is 1. The van der Waals surface area contributed by atoms with Crippen molar-refractivity contribution in [2.45, 2.75) is 80.9 Å². The molecule has 2 fully saturated rings. The lowest BCUT2D eigenvalue weighted by Gasteiger charge is -2.49. The van der Waals surface area contributed by atoms with Gasteiger partial charge in [0, 0.05) is 30.1 Å². The summed E-state index contributed by atoms with van der Waals surface area (Å²) in [5.41, 5.74) is 0.547. The molecule has 6 unspecified atom stereocenters. The molecule has 210 valence electrons. The summed E-state index contributed by atoms with van der Waals surface area (Å²) in [6.45, 7) is 6.18. The third kappa shape index (κ3) is 7.50. The number of benzene rings is 2. The number of alkyl carbamates (subject to hydrolysis) is 1. The number of thiocarbonyl (C=S) groups is 1. The number of epoxide rings is 1. The minimum absolute atomic E-state index is 0.0469. The van der Waals surface area contributed by atoms with Gasteiger partial charge in [-0.25, -0.2) is 4.79 Å². The van der Waals surface area contributed by atoms with Crippen LogP contribution in [0.1, 0.15) is 45.6 Å². The Morgan fingerprint density at radius 2 is 1.85 bits per heavy atom. The van der Waals surface area contributed by atoms with Gasteiger partial charge in [0.2, 0.25) is 0 Å². The van der Waals surface area contributed by atoms with Gasteiger partial charge in [0.1, 0.15) is 17.8 Å². The van der Waals surface area contributed by atoms with Crippen molar-refractivity contribution < 1.29 is 24.1 Å². The lowest BCUT2D eigenvalue weighted by atomic mass is 9.66. The van der Waals surface area contributed by atoms with Crippen molar-refractivity contribution in [2.75, 3.05) is 12.9 Å². The van der Waals surface area contributed by atoms with Crippen molar-refractivity contribution in [3.8, 4) is 0 Å². The van der Waals surface area contributed by atoms with E-state index in [-0.39, 0.29) is 6.10 Å². The zero-order chi connectivity index (χ0) is 28.0. The van der Waals surface area contributed by atoms with E-state index in [1.807, 2.05) is 67.6 Å². The first-order chi connectivity index (χ1) is 18.6. The maximum Gasteiger partial charge on any atom is 0.412 e. The van der Waals surface area contributed by atoms with E-state index in [4.69, 9.17) is 26.4 Å². The highest BCUT2D eigenvalue weighted by molar-refractivity contribution is 7.99. The molecule has 2 N–H and O–H groups in total. The van der Waals surface area contributed by atoms with Gasteiger partial charge in [-0.3, -0.25) is 5.32 Å². The molecule has 1 heterocycles. The van der Waals surface area contributed by atoms with Gasteiger partial charge >= 0.3 is 6.09 Å². The van der Waals surface area contributed by atoms with Crippen molar-refractivity contribution in [1.29, 1.82) is 0 Å². The number of methoxy groups -OCH3 is 1. The number of rotatable bonds is 10. The summed E-state index contributed by atoms with van der Waals surface area (Å²) in [5.74, 6) is 0.0836. The second-order valence-corrected chi connectivity index (χ2v) is 12.4. The Labute approximate surface area is 241 Å². The Hall–Kier alpha value is -2.23. The molecule has 4 rings (SSSR count). The van der Waals surface area contributed by atoms with E-state index in [0.29, 0.717) is 30.0 Å². The van der Waals surface area contributed by atoms with Crippen LogP contribution in [0, 0.1) is 5.92 Å². The van der Waals surface area contributed by atoms with Gasteiger partial charge in [0.15, 0.2) is 0 Å². The Balaban J connectivity index is 1.49. The zero-order valence-electron chi connectivity index (χ0n) is 23.1. The molecule has 1 saturated carbocycles. The van der Waals surface area contributed by atoms with Crippen LogP contribution in [-0.2, 0) is 20.6 Å². The van der Waals surface area contributed by atoms with E-state index in [2.05, 4.69) is 25.2 Å². The number of hydrogen-bond donors (Lipinski definition) is 2. The molecule has 1 amide bonds. The smallest absolute Gasteiger partial charge is 0.412 e. The fourth-order valence-corrected chi connectivity index (χ4v) is 7.01. The lowest BCUT2D eigenvalue weighted by Crippen LogP contribution is -2.61. The Morgan fingerprint density at radius 1 is 1.18 bits per heavy atom. The Bertz CT molecular complexity index is 1160. The number of aliphatic hydroxyl groups is 1. The first-order valence-electron chi connectivity index (χ1n) is 13.4. The maximum absolute atomic E-state index is 12.9. The fourth-order valence-electron chi connectivity index (χ4n) is 5.67. The van der Waals surface area contributed by atoms with Gasteiger partial charge in [-0.1, -0.05) is 72.4 Å². The third-order valence-corrected chi connectivity index (χ3v) is 9.18. The number of thioether (sulfide) groups is 1. The van der Waals surface area contributed by atoms with Crippen LogP contribution in [0.3, 0.4) is 0 Å². The van der Waals surface area contributed by atoms with Crippen LogP contribution in [0.4, 0.5) is 4.79 Å². The molecule has 2 aliphatic rings. The summed E-state index contributed by atoms with van der Waals surface area (Å²) >= 11 is 7.02. The summed E-state index contributed by atoms with van der Waals surface area (Å²) < 4.78 is 18.2. The monoisotopic (exact) mass is 569 g/mol. The molecule has 0 bridgehead atoms. The average Bonchev–Trinajstić information content (AvgIpc) is 3.58. The van der Waals surface area contributed by atoms with E-state index in [1.165, 1.54) is 5.57 Å². The second-order valence-electron chi connectivity index (χ2n) is 10.9.